The van der Waals surface area contributed by atoms with Gasteiger partial charge in [0, 0.05) is 0 Å². The summed E-state index contributed by atoms with van der Waals surface area (Å²) in [6.07, 6.45) is 4.82. The summed E-state index contributed by atoms with van der Waals surface area (Å²) in [5.74, 6) is 7.09. The monoisotopic (exact) mass is 162 g/mol. The molecule has 0 heterocycles. The summed E-state index contributed by atoms with van der Waals surface area (Å²) in [7, 11) is 0. The van der Waals surface area contributed by atoms with E-state index in [1.807, 2.05) is 0 Å². The Balaban J connectivity index is 1.87. The fraction of sp³-hybridized carbons (Fsp3) is 1.00. The predicted octanol–water partition coefficient (Wildman–Crippen LogP) is 2.93. The van der Waals surface area contributed by atoms with Gasteiger partial charge in [0.1, 0.15) is 0 Å². The highest BCUT2D eigenvalue weighted by Crippen LogP contribution is 2.79. The van der Waals surface area contributed by atoms with Crippen molar-refractivity contribution in [3.63, 3.8) is 0 Å². The van der Waals surface area contributed by atoms with Crippen molar-refractivity contribution in [2.24, 2.45) is 40.9 Å². The van der Waals surface area contributed by atoms with Gasteiger partial charge in [0.05, 0.1) is 0 Å². The molecule has 5 saturated carbocycles. The zero-order chi connectivity index (χ0) is 8.09. The van der Waals surface area contributed by atoms with Crippen LogP contribution < -0.4 is 0 Å². The number of hydrogen-bond acceptors (Lipinski definition) is 0. The summed E-state index contributed by atoms with van der Waals surface area (Å²) in [6, 6.07) is 0. The Morgan fingerprint density at radius 1 is 0.917 bits per heavy atom. The van der Waals surface area contributed by atoms with Crippen LogP contribution in [0.5, 0.6) is 0 Å². The molecule has 0 nitrogen and oxygen atoms in total. The molecular weight excluding hydrogens is 144 g/mol. The lowest BCUT2D eigenvalue weighted by Gasteiger charge is -2.49. The summed E-state index contributed by atoms with van der Waals surface area (Å²) < 4.78 is 0. The van der Waals surface area contributed by atoms with Crippen LogP contribution in [0.4, 0.5) is 0 Å². The van der Waals surface area contributed by atoms with Crippen LogP contribution in [0.1, 0.15) is 33.1 Å². The lowest BCUT2D eigenvalue weighted by atomic mass is 9.56. The Kier molecular flexibility index (Phi) is 0.811. The van der Waals surface area contributed by atoms with Gasteiger partial charge in [0.25, 0.3) is 0 Å². The summed E-state index contributed by atoms with van der Waals surface area (Å²) in [6.45, 7) is 5.10. The quantitative estimate of drug-likeness (QED) is 0.514. The van der Waals surface area contributed by atoms with Gasteiger partial charge in [-0.1, -0.05) is 13.8 Å². The van der Waals surface area contributed by atoms with E-state index in [9.17, 15) is 0 Å². The van der Waals surface area contributed by atoms with Crippen molar-refractivity contribution < 1.29 is 0 Å². The number of rotatable bonds is 0. The maximum Gasteiger partial charge on any atom is -0.0292 e. The lowest BCUT2D eigenvalue weighted by Crippen LogP contribution is -2.41. The molecule has 4 atom stereocenters. The van der Waals surface area contributed by atoms with E-state index in [4.69, 9.17) is 0 Å². The van der Waals surface area contributed by atoms with Crippen LogP contribution in [-0.4, -0.2) is 0 Å². The third-order valence-corrected chi connectivity index (χ3v) is 5.91. The SMILES string of the molecule is CC1(C)C2CC3CC4C2C4C1C3. The molecule has 0 aromatic carbocycles. The average Bonchev–Trinajstić information content (AvgIpc) is 2.71. The van der Waals surface area contributed by atoms with Gasteiger partial charge < -0.3 is 0 Å². The van der Waals surface area contributed by atoms with Crippen molar-refractivity contribution in [2.45, 2.75) is 33.1 Å². The van der Waals surface area contributed by atoms with Gasteiger partial charge in [0.2, 0.25) is 0 Å². The molecule has 5 aliphatic rings. The highest BCUT2D eigenvalue weighted by atomic mass is 14.8. The molecule has 4 unspecified atom stereocenters. The first-order chi connectivity index (χ1) is 5.69. The van der Waals surface area contributed by atoms with E-state index in [1.165, 1.54) is 17.8 Å². The van der Waals surface area contributed by atoms with Crippen molar-refractivity contribution in [1.82, 2.24) is 0 Å². The molecule has 5 fully saturated rings. The van der Waals surface area contributed by atoms with Gasteiger partial charge in [-0.3, -0.25) is 0 Å². The molecule has 66 valence electrons. The topological polar surface area (TPSA) is 0 Å². The van der Waals surface area contributed by atoms with Gasteiger partial charge in [-0.05, 0) is 60.2 Å². The maximum atomic E-state index is 2.55. The largest absolute Gasteiger partial charge is 0.0594 e. The fourth-order valence-electron chi connectivity index (χ4n) is 5.46. The van der Waals surface area contributed by atoms with E-state index in [0.717, 1.165) is 23.2 Å². The Morgan fingerprint density at radius 2 is 1.50 bits per heavy atom. The fourth-order valence-corrected chi connectivity index (χ4v) is 5.46. The molecule has 0 N–H and O–H groups in total. The molecule has 0 saturated heterocycles. The highest BCUT2D eigenvalue weighted by molar-refractivity contribution is 5.22. The molecular formula is C12H18. The second kappa shape index (κ2) is 1.51. The van der Waals surface area contributed by atoms with E-state index in [2.05, 4.69) is 13.8 Å². The first kappa shape index (κ1) is 6.45. The maximum absolute atomic E-state index is 2.55. The third-order valence-electron chi connectivity index (χ3n) is 5.91. The molecule has 0 heteroatoms. The third kappa shape index (κ3) is 0.459. The van der Waals surface area contributed by atoms with E-state index in [-0.39, 0.29) is 0 Å². The van der Waals surface area contributed by atoms with Gasteiger partial charge in [-0.25, -0.2) is 0 Å². The van der Waals surface area contributed by atoms with E-state index in [1.54, 1.807) is 19.3 Å². The van der Waals surface area contributed by atoms with Gasteiger partial charge >= 0.3 is 0 Å². The minimum atomic E-state index is 0.739. The first-order valence-electron chi connectivity index (χ1n) is 5.69. The minimum Gasteiger partial charge on any atom is -0.0594 e. The smallest absolute Gasteiger partial charge is 0.0292 e. The van der Waals surface area contributed by atoms with Gasteiger partial charge in [0.15, 0.2) is 0 Å². The Bertz CT molecular complexity index is 231. The van der Waals surface area contributed by atoms with Crippen LogP contribution in [0.15, 0.2) is 0 Å². The molecule has 0 aromatic heterocycles. The molecule has 0 aliphatic heterocycles. The van der Waals surface area contributed by atoms with Crippen molar-refractivity contribution in [3.8, 4) is 0 Å². The average molecular weight is 162 g/mol. The summed E-state index contributed by atoms with van der Waals surface area (Å²) in [4.78, 5) is 0. The zero-order valence-electron chi connectivity index (χ0n) is 8.09. The molecule has 0 aromatic rings. The summed E-state index contributed by atoms with van der Waals surface area (Å²) in [5.41, 5.74) is 0.739. The minimum absolute atomic E-state index is 0.739. The Hall–Kier alpha value is 0. The molecule has 5 aliphatic carbocycles. The Labute approximate surface area is 74.7 Å². The normalized spacial score (nSPS) is 68.5. The molecule has 4 bridgehead atoms. The second-order valence-electron chi connectivity index (χ2n) is 6.43. The van der Waals surface area contributed by atoms with Crippen molar-refractivity contribution in [3.05, 3.63) is 0 Å². The van der Waals surface area contributed by atoms with Gasteiger partial charge in [-0.15, -0.1) is 0 Å². The molecule has 5 rings (SSSR count). The Morgan fingerprint density at radius 3 is 2.08 bits per heavy atom. The standard InChI is InChI=1S/C12H18/c1-12(2)8-4-6-3-7-10(8)11(7)9(12)5-6/h6-11H,3-5H2,1-2H3. The molecule has 0 amide bonds. The van der Waals surface area contributed by atoms with Crippen LogP contribution in [0.2, 0.25) is 0 Å². The van der Waals surface area contributed by atoms with Crippen LogP contribution in [0, 0.1) is 40.9 Å². The lowest BCUT2D eigenvalue weighted by molar-refractivity contribution is -0.000866. The van der Waals surface area contributed by atoms with Crippen molar-refractivity contribution >= 4 is 0 Å². The number of hydrogen-bond donors (Lipinski definition) is 0. The van der Waals surface area contributed by atoms with E-state index >= 15 is 0 Å². The van der Waals surface area contributed by atoms with Crippen LogP contribution >= 0.6 is 0 Å². The molecule has 0 spiro atoms. The van der Waals surface area contributed by atoms with Crippen molar-refractivity contribution in [2.75, 3.05) is 0 Å². The first-order valence-corrected chi connectivity index (χ1v) is 5.69. The van der Waals surface area contributed by atoms with E-state index < -0.39 is 0 Å². The summed E-state index contributed by atoms with van der Waals surface area (Å²) in [5, 5.41) is 0. The van der Waals surface area contributed by atoms with Crippen LogP contribution in [-0.2, 0) is 0 Å². The van der Waals surface area contributed by atoms with Crippen LogP contribution in [0.25, 0.3) is 0 Å². The summed E-state index contributed by atoms with van der Waals surface area (Å²) >= 11 is 0. The molecule has 0 radical (unpaired) electrons. The predicted molar refractivity (Wildman–Crippen MR) is 48.6 cm³/mol. The van der Waals surface area contributed by atoms with Crippen molar-refractivity contribution in [1.29, 1.82) is 0 Å². The second-order valence-corrected chi connectivity index (χ2v) is 6.43. The van der Waals surface area contributed by atoms with Gasteiger partial charge in [-0.2, -0.15) is 0 Å². The highest BCUT2D eigenvalue weighted by Gasteiger charge is 2.74. The van der Waals surface area contributed by atoms with Crippen LogP contribution in [0.3, 0.4) is 0 Å². The molecule has 12 heavy (non-hydrogen) atoms. The zero-order valence-corrected chi connectivity index (χ0v) is 8.09. The van der Waals surface area contributed by atoms with E-state index in [0.29, 0.717) is 0 Å².